The van der Waals surface area contributed by atoms with Crippen LogP contribution in [0.4, 0.5) is 0 Å². The summed E-state index contributed by atoms with van der Waals surface area (Å²) in [6, 6.07) is 11.5. The van der Waals surface area contributed by atoms with Crippen molar-refractivity contribution in [2.45, 2.75) is 24.4 Å². The van der Waals surface area contributed by atoms with Gasteiger partial charge < -0.3 is 4.57 Å². The summed E-state index contributed by atoms with van der Waals surface area (Å²) < 4.78 is 3.71. The maximum atomic E-state index is 12.5. The lowest BCUT2D eigenvalue weighted by Crippen LogP contribution is -2.22. The van der Waals surface area contributed by atoms with Crippen molar-refractivity contribution in [3.8, 4) is 10.7 Å². The molecule has 0 N–H and O–H groups in total. The Morgan fingerprint density at radius 2 is 2.00 bits per heavy atom. The molecule has 4 aromatic rings. The Labute approximate surface area is 158 Å². The molecule has 0 amide bonds. The summed E-state index contributed by atoms with van der Waals surface area (Å²) in [5.41, 5.74) is 0.699. The van der Waals surface area contributed by atoms with E-state index in [2.05, 4.69) is 26.7 Å². The maximum absolute atomic E-state index is 12.5. The lowest BCUT2D eigenvalue weighted by molar-refractivity contribution is 0.687. The summed E-state index contributed by atoms with van der Waals surface area (Å²) in [6.45, 7) is 2.86. The van der Waals surface area contributed by atoms with Crippen molar-refractivity contribution in [3.63, 3.8) is 0 Å². The highest BCUT2D eigenvalue weighted by Gasteiger charge is 2.15. The van der Waals surface area contributed by atoms with Gasteiger partial charge in [-0.05, 0) is 30.5 Å². The molecule has 3 aromatic heterocycles. The van der Waals surface area contributed by atoms with E-state index >= 15 is 0 Å². The van der Waals surface area contributed by atoms with Gasteiger partial charge in [-0.15, -0.1) is 21.5 Å². The number of hydrogen-bond donors (Lipinski definition) is 0. The van der Waals surface area contributed by atoms with Crippen molar-refractivity contribution in [3.05, 3.63) is 58.0 Å². The van der Waals surface area contributed by atoms with Crippen LogP contribution in [0.25, 0.3) is 21.6 Å². The van der Waals surface area contributed by atoms with Crippen molar-refractivity contribution in [1.29, 1.82) is 0 Å². The monoisotopic (exact) mass is 383 g/mol. The first kappa shape index (κ1) is 17.0. The minimum absolute atomic E-state index is 0.0255. The molecule has 0 saturated heterocycles. The van der Waals surface area contributed by atoms with Gasteiger partial charge in [0.1, 0.15) is 5.82 Å². The van der Waals surface area contributed by atoms with Crippen LogP contribution in [0.2, 0.25) is 0 Å². The number of para-hydroxylation sites is 1. The van der Waals surface area contributed by atoms with E-state index in [0.29, 0.717) is 11.1 Å². The lowest BCUT2D eigenvalue weighted by Gasteiger charge is -2.09. The van der Waals surface area contributed by atoms with E-state index in [0.717, 1.165) is 33.7 Å². The second-order valence-corrected chi connectivity index (χ2v) is 7.62. The molecule has 0 atom stereocenters. The Morgan fingerprint density at radius 1 is 1.15 bits per heavy atom. The second kappa shape index (κ2) is 7.05. The third kappa shape index (κ3) is 2.95. The van der Waals surface area contributed by atoms with Crippen LogP contribution >= 0.6 is 23.1 Å². The fraction of sp³-hybridized carbons (Fsp3) is 0.222. The predicted molar refractivity (Wildman–Crippen MR) is 106 cm³/mol. The number of thioether (sulfide) groups is 1. The van der Waals surface area contributed by atoms with E-state index in [4.69, 9.17) is 0 Å². The van der Waals surface area contributed by atoms with Crippen molar-refractivity contribution in [2.24, 2.45) is 7.05 Å². The summed E-state index contributed by atoms with van der Waals surface area (Å²) in [6.07, 6.45) is 0. The van der Waals surface area contributed by atoms with Gasteiger partial charge in [-0.3, -0.25) is 9.36 Å². The van der Waals surface area contributed by atoms with Crippen LogP contribution < -0.4 is 5.56 Å². The Bertz CT molecular complexity index is 1110. The van der Waals surface area contributed by atoms with Gasteiger partial charge in [-0.1, -0.05) is 30.0 Å². The Morgan fingerprint density at radius 3 is 2.77 bits per heavy atom. The van der Waals surface area contributed by atoms with Crippen LogP contribution in [0.15, 0.2) is 51.7 Å². The molecule has 0 fully saturated rings. The first-order valence-corrected chi connectivity index (χ1v) is 10.1. The molecule has 0 radical (unpaired) electrons. The average Bonchev–Trinajstić information content (AvgIpc) is 3.32. The number of benzene rings is 1. The number of thiophene rings is 1. The van der Waals surface area contributed by atoms with E-state index in [1.165, 1.54) is 0 Å². The Balaban J connectivity index is 1.65. The molecular formula is C18H17N5OS2. The van der Waals surface area contributed by atoms with Crippen molar-refractivity contribution in [1.82, 2.24) is 24.3 Å². The van der Waals surface area contributed by atoms with Crippen molar-refractivity contribution in [2.75, 3.05) is 0 Å². The summed E-state index contributed by atoms with van der Waals surface area (Å²) in [5.74, 6) is 2.16. The molecule has 8 heteroatoms. The predicted octanol–water partition coefficient (Wildman–Crippen LogP) is 3.57. The molecule has 132 valence electrons. The first-order valence-electron chi connectivity index (χ1n) is 8.23. The van der Waals surface area contributed by atoms with E-state index < -0.39 is 0 Å². The largest absolute Gasteiger partial charge is 0.302 e. The smallest absolute Gasteiger partial charge is 0.261 e. The minimum atomic E-state index is -0.0255. The second-order valence-electron chi connectivity index (χ2n) is 5.73. The third-order valence-electron chi connectivity index (χ3n) is 4.18. The Kier molecular flexibility index (Phi) is 4.60. The van der Waals surface area contributed by atoms with E-state index in [9.17, 15) is 4.79 Å². The molecule has 0 spiro atoms. The van der Waals surface area contributed by atoms with Crippen LogP contribution in [0.5, 0.6) is 0 Å². The van der Waals surface area contributed by atoms with Crippen molar-refractivity contribution < 1.29 is 0 Å². The molecule has 0 unspecified atom stereocenters. The van der Waals surface area contributed by atoms with Gasteiger partial charge in [0.25, 0.3) is 5.56 Å². The quantitative estimate of drug-likeness (QED) is 0.493. The molecule has 3 heterocycles. The standard InChI is InChI=1S/C18H17N5OS2/c1-3-23-16(14-9-6-10-25-14)20-21-18(23)26-11-15-19-13-8-5-4-7-12(13)17(24)22(15)2/h4-10H,3,11H2,1-2H3. The van der Waals surface area contributed by atoms with Gasteiger partial charge in [0.05, 0.1) is 21.5 Å². The van der Waals surface area contributed by atoms with Crippen LogP contribution in [-0.4, -0.2) is 24.3 Å². The average molecular weight is 384 g/mol. The van der Waals surface area contributed by atoms with Crippen LogP contribution in [0.3, 0.4) is 0 Å². The van der Waals surface area contributed by atoms with Gasteiger partial charge >= 0.3 is 0 Å². The highest BCUT2D eigenvalue weighted by molar-refractivity contribution is 7.98. The maximum Gasteiger partial charge on any atom is 0.261 e. The first-order chi connectivity index (χ1) is 12.7. The number of hydrogen-bond acceptors (Lipinski definition) is 6. The van der Waals surface area contributed by atoms with Crippen LogP contribution in [-0.2, 0) is 19.3 Å². The molecule has 6 nitrogen and oxygen atoms in total. The third-order valence-corrected chi connectivity index (χ3v) is 6.01. The van der Waals surface area contributed by atoms with Crippen molar-refractivity contribution >= 4 is 34.0 Å². The minimum Gasteiger partial charge on any atom is -0.302 e. The number of aromatic nitrogens is 5. The topological polar surface area (TPSA) is 65.6 Å². The van der Waals surface area contributed by atoms with E-state index in [1.54, 1.807) is 34.7 Å². The molecule has 0 saturated carbocycles. The van der Waals surface area contributed by atoms with Gasteiger partial charge in [0.15, 0.2) is 11.0 Å². The molecule has 0 bridgehead atoms. The zero-order chi connectivity index (χ0) is 18.1. The van der Waals surface area contributed by atoms with E-state index in [-0.39, 0.29) is 5.56 Å². The summed E-state index contributed by atoms with van der Waals surface area (Å²) in [5, 5.41) is 12.2. The zero-order valence-electron chi connectivity index (χ0n) is 14.4. The number of nitrogens with zero attached hydrogens (tertiary/aromatic N) is 5. The molecular weight excluding hydrogens is 366 g/mol. The summed E-state index contributed by atoms with van der Waals surface area (Å²) in [4.78, 5) is 18.3. The fourth-order valence-electron chi connectivity index (χ4n) is 2.79. The van der Waals surface area contributed by atoms with Crippen LogP contribution in [0.1, 0.15) is 12.7 Å². The van der Waals surface area contributed by atoms with E-state index in [1.807, 2.05) is 41.8 Å². The van der Waals surface area contributed by atoms with Gasteiger partial charge in [-0.2, -0.15) is 0 Å². The molecule has 4 rings (SSSR count). The molecule has 26 heavy (non-hydrogen) atoms. The number of rotatable bonds is 5. The zero-order valence-corrected chi connectivity index (χ0v) is 16.0. The molecule has 1 aromatic carbocycles. The highest BCUT2D eigenvalue weighted by atomic mass is 32.2. The van der Waals surface area contributed by atoms with Crippen LogP contribution in [0, 0.1) is 0 Å². The highest BCUT2D eigenvalue weighted by Crippen LogP contribution is 2.28. The Hall–Kier alpha value is -2.45. The lowest BCUT2D eigenvalue weighted by atomic mass is 10.2. The normalized spacial score (nSPS) is 11.3. The molecule has 0 aliphatic heterocycles. The van der Waals surface area contributed by atoms with Gasteiger partial charge in [0, 0.05) is 13.6 Å². The number of fused-ring (bicyclic) bond motifs is 1. The summed E-state index contributed by atoms with van der Waals surface area (Å²) in [7, 11) is 1.76. The van der Waals surface area contributed by atoms with Gasteiger partial charge in [0.2, 0.25) is 0 Å². The SMILES string of the molecule is CCn1c(SCc2nc3ccccc3c(=O)n2C)nnc1-c1cccs1. The molecule has 0 aliphatic carbocycles. The fourth-order valence-corrected chi connectivity index (χ4v) is 4.49. The van der Waals surface area contributed by atoms with Gasteiger partial charge in [-0.25, -0.2) is 4.98 Å². The molecule has 0 aliphatic rings. The summed E-state index contributed by atoms with van der Waals surface area (Å²) >= 11 is 3.19.